The fraction of sp³-hybridized carbons (Fsp3) is 0.0909. The Morgan fingerprint density at radius 3 is 2.37 bits per heavy atom. The standard InChI is InChI=1S/C11H5F4NO2S/c12-7-3-5(1-2-6(7)11(13,14)15)4-8-9(17)16-10(18)19-8/h1-4H,(H,16,17,18)/b8-4-. The van der Waals surface area contributed by atoms with Crippen LogP contribution in [0.3, 0.4) is 0 Å². The molecule has 0 spiro atoms. The summed E-state index contributed by atoms with van der Waals surface area (Å²) in [5, 5.41) is 1.40. The van der Waals surface area contributed by atoms with Crippen LogP contribution in [0.1, 0.15) is 11.1 Å². The first kappa shape index (κ1) is 13.6. The van der Waals surface area contributed by atoms with Gasteiger partial charge in [-0.25, -0.2) is 4.39 Å². The highest BCUT2D eigenvalue weighted by Gasteiger charge is 2.34. The average molecular weight is 291 g/mol. The topological polar surface area (TPSA) is 46.2 Å². The predicted octanol–water partition coefficient (Wildman–Crippen LogP) is 3.17. The summed E-state index contributed by atoms with van der Waals surface area (Å²) in [7, 11) is 0. The summed E-state index contributed by atoms with van der Waals surface area (Å²) in [5.41, 5.74) is -1.31. The molecule has 0 radical (unpaired) electrons. The number of imide groups is 1. The van der Waals surface area contributed by atoms with Gasteiger partial charge in [0.15, 0.2) is 0 Å². The van der Waals surface area contributed by atoms with Crippen molar-refractivity contribution < 1.29 is 27.2 Å². The predicted molar refractivity (Wildman–Crippen MR) is 60.5 cm³/mol. The molecule has 2 amide bonds. The Kier molecular flexibility index (Phi) is 3.36. The zero-order valence-corrected chi connectivity index (χ0v) is 9.86. The largest absolute Gasteiger partial charge is 0.419 e. The number of hydrogen-bond acceptors (Lipinski definition) is 3. The van der Waals surface area contributed by atoms with Crippen molar-refractivity contribution in [1.29, 1.82) is 0 Å². The van der Waals surface area contributed by atoms with E-state index in [0.29, 0.717) is 23.9 Å². The number of alkyl halides is 3. The summed E-state index contributed by atoms with van der Waals surface area (Å²) < 4.78 is 50.3. The van der Waals surface area contributed by atoms with E-state index < -0.39 is 28.7 Å². The van der Waals surface area contributed by atoms with Crippen molar-refractivity contribution in [3.8, 4) is 0 Å². The first-order valence-corrected chi connectivity index (χ1v) is 5.70. The molecule has 8 heteroatoms. The minimum absolute atomic E-state index is 0.00385. The summed E-state index contributed by atoms with van der Waals surface area (Å²) in [6, 6.07) is 2.27. The number of halogens is 4. The smallest absolute Gasteiger partial charge is 0.282 e. The van der Waals surface area contributed by atoms with Crippen LogP contribution in [-0.2, 0) is 11.0 Å². The van der Waals surface area contributed by atoms with Gasteiger partial charge in [0.05, 0.1) is 10.5 Å². The van der Waals surface area contributed by atoms with Crippen LogP contribution in [-0.4, -0.2) is 11.1 Å². The SMILES string of the molecule is O=C1NC(=O)/C(=C/c2ccc(C(F)(F)F)c(F)c2)S1. The molecule has 0 aliphatic carbocycles. The summed E-state index contributed by atoms with van der Waals surface area (Å²) in [6.07, 6.45) is -3.63. The van der Waals surface area contributed by atoms with Crippen molar-refractivity contribution in [3.63, 3.8) is 0 Å². The van der Waals surface area contributed by atoms with E-state index in [1.54, 1.807) is 0 Å². The molecule has 0 bridgehead atoms. The molecule has 0 unspecified atom stereocenters. The quantitative estimate of drug-likeness (QED) is 0.638. The third kappa shape index (κ3) is 2.95. The zero-order valence-electron chi connectivity index (χ0n) is 9.05. The maximum absolute atomic E-state index is 13.3. The fourth-order valence-corrected chi connectivity index (χ4v) is 2.11. The molecule has 3 nitrogen and oxygen atoms in total. The van der Waals surface area contributed by atoms with E-state index in [1.807, 2.05) is 5.32 Å². The van der Waals surface area contributed by atoms with Crippen molar-refractivity contribution in [2.45, 2.75) is 6.18 Å². The van der Waals surface area contributed by atoms with Gasteiger partial charge in [0, 0.05) is 0 Å². The summed E-state index contributed by atoms with van der Waals surface area (Å²) in [5.74, 6) is -2.09. The van der Waals surface area contributed by atoms with E-state index >= 15 is 0 Å². The van der Waals surface area contributed by atoms with Crippen molar-refractivity contribution in [3.05, 3.63) is 40.0 Å². The lowest BCUT2D eigenvalue weighted by Crippen LogP contribution is -2.17. The Labute approximate surface area is 108 Å². The zero-order chi connectivity index (χ0) is 14.2. The molecule has 1 heterocycles. The average Bonchev–Trinajstić information content (AvgIpc) is 2.55. The molecular weight excluding hydrogens is 286 g/mol. The maximum Gasteiger partial charge on any atom is 0.419 e. The molecule has 1 aromatic rings. The number of thioether (sulfide) groups is 1. The number of benzene rings is 1. The van der Waals surface area contributed by atoms with Crippen LogP contribution in [0.15, 0.2) is 23.1 Å². The minimum atomic E-state index is -4.77. The van der Waals surface area contributed by atoms with Gasteiger partial charge >= 0.3 is 6.18 Å². The summed E-state index contributed by atoms with van der Waals surface area (Å²) in [4.78, 5) is 22.1. The molecule has 1 aliphatic rings. The third-order valence-corrected chi connectivity index (χ3v) is 3.05. The highest BCUT2D eigenvalue weighted by atomic mass is 32.2. The van der Waals surface area contributed by atoms with Gasteiger partial charge in [-0.05, 0) is 35.5 Å². The normalized spacial score (nSPS) is 18.0. The monoisotopic (exact) mass is 291 g/mol. The van der Waals surface area contributed by atoms with Crippen molar-refractivity contribution >= 4 is 29.0 Å². The summed E-state index contributed by atoms with van der Waals surface area (Å²) >= 11 is 0.601. The number of amides is 2. The van der Waals surface area contributed by atoms with Crippen LogP contribution >= 0.6 is 11.8 Å². The van der Waals surface area contributed by atoms with Crippen LogP contribution in [0.4, 0.5) is 22.4 Å². The van der Waals surface area contributed by atoms with E-state index in [-0.39, 0.29) is 10.5 Å². The first-order valence-electron chi connectivity index (χ1n) is 4.89. The molecule has 1 aliphatic heterocycles. The third-order valence-electron chi connectivity index (χ3n) is 2.24. The number of nitrogens with one attached hydrogen (secondary N) is 1. The highest BCUT2D eigenvalue weighted by Crippen LogP contribution is 2.32. The molecule has 0 atom stereocenters. The second-order valence-electron chi connectivity index (χ2n) is 3.59. The maximum atomic E-state index is 13.3. The molecule has 1 aromatic carbocycles. The van der Waals surface area contributed by atoms with Gasteiger partial charge in [-0.1, -0.05) is 6.07 Å². The van der Waals surface area contributed by atoms with Crippen molar-refractivity contribution in [2.24, 2.45) is 0 Å². The Balaban J connectivity index is 2.34. The van der Waals surface area contributed by atoms with Crippen LogP contribution in [0.2, 0.25) is 0 Å². The molecule has 0 saturated carbocycles. The number of carbonyl (C=O) groups excluding carboxylic acids is 2. The van der Waals surface area contributed by atoms with Crippen molar-refractivity contribution in [1.82, 2.24) is 5.32 Å². The second-order valence-corrected chi connectivity index (χ2v) is 4.60. The Morgan fingerprint density at radius 2 is 1.89 bits per heavy atom. The molecule has 100 valence electrons. The van der Waals surface area contributed by atoms with Gasteiger partial charge < -0.3 is 0 Å². The molecule has 1 saturated heterocycles. The molecule has 1 fully saturated rings. The van der Waals surface area contributed by atoms with Crippen LogP contribution < -0.4 is 5.32 Å². The van der Waals surface area contributed by atoms with Gasteiger partial charge in [-0.3, -0.25) is 14.9 Å². The number of rotatable bonds is 1. The van der Waals surface area contributed by atoms with Crippen LogP contribution in [0.5, 0.6) is 0 Å². The summed E-state index contributed by atoms with van der Waals surface area (Å²) in [6.45, 7) is 0. The van der Waals surface area contributed by atoms with Gasteiger partial charge in [0.25, 0.3) is 11.1 Å². The van der Waals surface area contributed by atoms with Crippen LogP contribution in [0.25, 0.3) is 6.08 Å². The Morgan fingerprint density at radius 1 is 1.21 bits per heavy atom. The van der Waals surface area contributed by atoms with E-state index in [0.717, 1.165) is 12.1 Å². The second kappa shape index (κ2) is 4.69. The minimum Gasteiger partial charge on any atom is -0.282 e. The first-order chi connectivity index (χ1) is 8.77. The van der Waals surface area contributed by atoms with Crippen LogP contribution in [0, 0.1) is 5.82 Å². The number of hydrogen-bond donors (Lipinski definition) is 1. The van der Waals surface area contributed by atoms with Gasteiger partial charge in [0.1, 0.15) is 5.82 Å². The van der Waals surface area contributed by atoms with Gasteiger partial charge in [-0.2, -0.15) is 13.2 Å². The number of carbonyl (C=O) groups is 2. The van der Waals surface area contributed by atoms with E-state index in [9.17, 15) is 27.2 Å². The van der Waals surface area contributed by atoms with Gasteiger partial charge in [0.2, 0.25) is 0 Å². The van der Waals surface area contributed by atoms with Crippen molar-refractivity contribution in [2.75, 3.05) is 0 Å². The lowest BCUT2D eigenvalue weighted by atomic mass is 10.1. The Bertz CT molecular complexity index is 595. The highest BCUT2D eigenvalue weighted by molar-refractivity contribution is 8.18. The van der Waals surface area contributed by atoms with E-state index in [1.165, 1.54) is 0 Å². The lowest BCUT2D eigenvalue weighted by molar-refractivity contribution is -0.140. The molecular formula is C11H5F4NO2S. The molecule has 2 rings (SSSR count). The van der Waals surface area contributed by atoms with E-state index in [4.69, 9.17) is 0 Å². The molecule has 19 heavy (non-hydrogen) atoms. The molecule has 1 N–H and O–H groups in total. The molecule has 0 aromatic heterocycles. The van der Waals surface area contributed by atoms with Gasteiger partial charge in [-0.15, -0.1) is 0 Å². The van der Waals surface area contributed by atoms with E-state index in [2.05, 4.69) is 0 Å². The Hall–Kier alpha value is -1.83. The fourth-order valence-electron chi connectivity index (χ4n) is 1.42. The lowest BCUT2D eigenvalue weighted by Gasteiger charge is -2.08.